The molecule has 0 aromatic heterocycles. The average molecular weight is 298 g/mol. The Morgan fingerprint density at radius 1 is 1.14 bits per heavy atom. The molecule has 0 bridgehead atoms. The van der Waals surface area contributed by atoms with E-state index in [-0.39, 0.29) is 0 Å². The number of hydrogen-bond donors (Lipinski definition) is 6. The summed E-state index contributed by atoms with van der Waals surface area (Å²) in [6.45, 7) is -0.771. The molecule has 0 unspecified atom stereocenters. The van der Waals surface area contributed by atoms with E-state index in [9.17, 15) is 20.1 Å². The Hall–Kier alpha value is -1.84. The molecule has 21 heavy (non-hydrogen) atoms. The molecule has 0 aliphatic heterocycles. The molecule has 0 saturated heterocycles. The van der Waals surface area contributed by atoms with Crippen LogP contribution >= 0.6 is 0 Å². The first-order chi connectivity index (χ1) is 9.97. The van der Waals surface area contributed by atoms with Crippen molar-refractivity contribution in [2.45, 2.75) is 24.4 Å². The molecule has 0 saturated carbocycles. The van der Waals surface area contributed by atoms with Gasteiger partial charge in [0.25, 0.3) is 5.91 Å². The van der Waals surface area contributed by atoms with E-state index in [1.165, 1.54) is 0 Å². The summed E-state index contributed by atoms with van der Waals surface area (Å²) in [5, 5.41) is 49.6. The van der Waals surface area contributed by atoms with Crippen LogP contribution in [0.5, 0.6) is 0 Å². The van der Waals surface area contributed by atoms with Crippen LogP contribution in [0.1, 0.15) is 10.4 Å². The van der Waals surface area contributed by atoms with Crippen molar-refractivity contribution in [1.82, 2.24) is 5.43 Å². The summed E-state index contributed by atoms with van der Waals surface area (Å²) in [5.74, 6) is -0.510. The Labute approximate surface area is 121 Å². The van der Waals surface area contributed by atoms with E-state index in [1.54, 1.807) is 30.3 Å². The van der Waals surface area contributed by atoms with Crippen LogP contribution in [-0.4, -0.2) is 68.7 Å². The molecule has 8 nitrogen and oxygen atoms in total. The monoisotopic (exact) mass is 298 g/mol. The molecular weight excluding hydrogens is 280 g/mol. The molecule has 4 atom stereocenters. The number of hydrogen-bond acceptors (Lipinski definition) is 7. The molecule has 0 fully saturated rings. The smallest absolute Gasteiger partial charge is 0.271 e. The summed E-state index contributed by atoms with van der Waals surface area (Å²) >= 11 is 0. The maximum Gasteiger partial charge on any atom is 0.271 e. The zero-order valence-corrected chi connectivity index (χ0v) is 11.1. The van der Waals surface area contributed by atoms with Gasteiger partial charge in [0.1, 0.15) is 24.4 Å². The topological polar surface area (TPSA) is 143 Å². The van der Waals surface area contributed by atoms with Crippen LogP contribution in [0.2, 0.25) is 0 Å². The van der Waals surface area contributed by atoms with Gasteiger partial charge in [0.15, 0.2) is 0 Å². The second-order valence-corrected chi connectivity index (χ2v) is 4.31. The fourth-order valence-corrected chi connectivity index (χ4v) is 1.45. The molecule has 1 aromatic carbocycles. The number of amides is 1. The molecule has 1 rings (SSSR count). The van der Waals surface area contributed by atoms with Crippen LogP contribution in [0, 0.1) is 0 Å². The van der Waals surface area contributed by atoms with E-state index in [2.05, 4.69) is 10.5 Å². The van der Waals surface area contributed by atoms with Crippen LogP contribution in [-0.2, 0) is 0 Å². The van der Waals surface area contributed by atoms with Crippen LogP contribution in [0.15, 0.2) is 35.4 Å². The van der Waals surface area contributed by atoms with Gasteiger partial charge in [-0.3, -0.25) is 4.79 Å². The first kappa shape index (κ1) is 17.2. The van der Waals surface area contributed by atoms with Crippen LogP contribution in [0.25, 0.3) is 0 Å². The number of aliphatic hydroxyl groups excluding tert-OH is 5. The fourth-order valence-electron chi connectivity index (χ4n) is 1.45. The second kappa shape index (κ2) is 8.45. The molecule has 0 radical (unpaired) electrons. The molecule has 0 aliphatic carbocycles. The van der Waals surface area contributed by atoms with Gasteiger partial charge in [-0.1, -0.05) is 18.2 Å². The highest BCUT2D eigenvalue weighted by Gasteiger charge is 2.29. The quantitative estimate of drug-likeness (QED) is 0.250. The lowest BCUT2D eigenvalue weighted by Crippen LogP contribution is -2.46. The van der Waals surface area contributed by atoms with E-state index < -0.39 is 36.9 Å². The van der Waals surface area contributed by atoms with E-state index in [4.69, 9.17) is 10.2 Å². The van der Waals surface area contributed by atoms with Crippen LogP contribution in [0.4, 0.5) is 0 Å². The van der Waals surface area contributed by atoms with Crippen molar-refractivity contribution in [2.75, 3.05) is 6.61 Å². The van der Waals surface area contributed by atoms with Gasteiger partial charge in [-0.2, -0.15) is 5.10 Å². The third-order valence-corrected chi connectivity index (χ3v) is 2.71. The van der Waals surface area contributed by atoms with E-state index in [0.717, 1.165) is 6.21 Å². The van der Waals surface area contributed by atoms with Crippen molar-refractivity contribution < 1.29 is 30.3 Å². The molecule has 116 valence electrons. The second-order valence-electron chi connectivity index (χ2n) is 4.31. The van der Waals surface area contributed by atoms with Crippen molar-refractivity contribution in [3.8, 4) is 0 Å². The number of aliphatic hydroxyl groups is 5. The predicted octanol–water partition coefficient (Wildman–Crippen LogP) is -2.16. The predicted molar refractivity (Wildman–Crippen MR) is 73.5 cm³/mol. The number of rotatable bonds is 7. The summed E-state index contributed by atoms with van der Waals surface area (Å²) in [4.78, 5) is 11.6. The van der Waals surface area contributed by atoms with Gasteiger partial charge >= 0.3 is 0 Å². The zero-order valence-electron chi connectivity index (χ0n) is 11.1. The molecule has 1 amide bonds. The fraction of sp³-hybridized carbons (Fsp3) is 0.385. The van der Waals surface area contributed by atoms with Gasteiger partial charge in [-0.05, 0) is 12.1 Å². The SMILES string of the molecule is O=C(N/N=C/[C@H](O)[C@H](O)[C@H](O)[C@H](O)CO)c1ccccc1. The molecule has 1 aromatic rings. The number of nitrogens with one attached hydrogen (secondary N) is 1. The maximum absolute atomic E-state index is 11.6. The van der Waals surface area contributed by atoms with Gasteiger partial charge in [0.05, 0.1) is 12.8 Å². The van der Waals surface area contributed by atoms with Crippen molar-refractivity contribution in [3.63, 3.8) is 0 Å². The minimum atomic E-state index is -1.76. The van der Waals surface area contributed by atoms with Crippen molar-refractivity contribution >= 4 is 12.1 Å². The van der Waals surface area contributed by atoms with Crippen molar-refractivity contribution in [1.29, 1.82) is 0 Å². The first-order valence-electron chi connectivity index (χ1n) is 6.19. The number of benzene rings is 1. The van der Waals surface area contributed by atoms with Gasteiger partial charge in [0.2, 0.25) is 0 Å². The lowest BCUT2D eigenvalue weighted by molar-refractivity contribution is -0.0999. The number of hydrazone groups is 1. The Kier molecular flexibility index (Phi) is 6.92. The Morgan fingerprint density at radius 3 is 2.33 bits per heavy atom. The normalized spacial score (nSPS) is 17.2. The average Bonchev–Trinajstić information content (AvgIpc) is 2.53. The van der Waals surface area contributed by atoms with Gasteiger partial charge in [-0.15, -0.1) is 0 Å². The van der Waals surface area contributed by atoms with E-state index >= 15 is 0 Å². The maximum atomic E-state index is 11.6. The van der Waals surface area contributed by atoms with Crippen molar-refractivity contribution in [2.24, 2.45) is 5.10 Å². The van der Waals surface area contributed by atoms with E-state index in [0.29, 0.717) is 5.56 Å². The summed E-state index contributed by atoms with van der Waals surface area (Å²) in [6.07, 6.45) is -5.93. The zero-order chi connectivity index (χ0) is 15.8. The Bertz CT molecular complexity index is 467. The molecule has 0 heterocycles. The molecule has 6 N–H and O–H groups in total. The van der Waals surface area contributed by atoms with E-state index in [1.807, 2.05) is 0 Å². The van der Waals surface area contributed by atoms with Crippen LogP contribution in [0.3, 0.4) is 0 Å². The lowest BCUT2D eigenvalue weighted by Gasteiger charge is -2.23. The molecule has 0 spiro atoms. The third kappa shape index (κ3) is 5.21. The number of nitrogens with zero attached hydrogens (tertiary/aromatic N) is 1. The largest absolute Gasteiger partial charge is 0.394 e. The summed E-state index contributed by atoms with van der Waals surface area (Å²) < 4.78 is 0. The standard InChI is InChI=1S/C13H18N2O6/c16-7-10(18)12(20)11(19)9(17)6-14-15-13(21)8-4-2-1-3-5-8/h1-6,9-12,16-20H,7H2,(H,15,21)/b14-6+/t9-,10+,11-,12+/m0/s1. The highest BCUT2D eigenvalue weighted by molar-refractivity contribution is 5.94. The highest BCUT2D eigenvalue weighted by atomic mass is 16.4. The molecule has 8 heteroatoms. The highest BCUT2D eigenvalue weighted by Crippen LogP contribution is 2.03. The number of carbonyl (C=O) groups excluding carboxylic acids is 1. The van der Waals surface area contributed by atoms with Gasteiger partial charge < -0.3 is 25.5 Å². The molecular formula is C13H18N2O6. The Balaban J connectivity index is 2.51. The Morgan fingerprint density at radius 2 is 1.76 bits per heavy atom. The summed E-state index contributed by atoms with van der Waals surface area (Å²) in [7, 11) is 0. The summed E-state index contributed by atoms with van der Waals surface area (Å²) in [5.41, 5.74) is 2.49. The van der Waals surface area contributed by atoms with Crippen molar-refractivity contribution in [3.05, 3.63) is 35.9 Å². The molecule has 0 aliphatic rings. The lowest BCUT2D eigenvalue weighted by atomic mass is 10.0. The van der Waals surface area contributed by atoms with Gasteiger partial charge in [-0.25, -0.2) is 5.43 Å². The first-order valence-corrected chi connectivity index (χ1v) is 6.19. The minimum Gasteiger partial charge on any atom is -0.394 e. The third-order valence-electron chi connectivity index (χ3n) is 2.71. The summed E-state index contributed by atoms with van der Waals surface area (Å²) in [6, 6.07) is 8.22. The number of carbonyl (C=O) groups is 1. The van der Waals surface area contributed by atoms with Gasteiger partial charge in [0, 0.05) is 5.56 Å². The minimum absolute atomic E-state index is 0.362. The van der Waals surface area contributed by atoms with Crippen LogP contribution < -0.4 is 5.43 Å².